The van der Waals surface area contributed by atoms with E-state index in [1.807, 2.05) is 23.1 Å². The van der Waals surface area contributed by atoms with E-state index >= 15 is 0 Å². The highest BCUT2D eigenvalue weighted by Gasteiger charge is 2.43. The van der Waals surface area contributed by atoms with Gasteiger partial charge in [0.15, 0.2) is 0 Å². The lowest BCUT2D eigenvalue weighted by molar-refractivity contribution is -0.160. The zero-order chi connectivity index (χ0) is 15.5. The summed E-state index contributed by atoms with van der Waals surface area (Å²) in [5.41, 5.74) is 5.07. The zero-order valence-electron chi connectivity index (χ0n) is 11.5. The Morgan fingerprint density at radius 3 is 2.43 bits per heavy atom. The van der Waals surface area contributed by atoms with E-state index in [1.54, 1.807) is 11.1 Å². The van der Waals surface area contributed by atoms with E-state index in [9.17, 15) is 13.2 Å². The van der Waals surface area contributed by atoms with Crippen LogP contribution in [0.3, 0.4) is 0 Å². The van der Waals surface area contributed by atoms with E-state index in [2.05, 4.69) is 4.98 Å². The molecular formula is C13H18F3N5. The average Bonchev–Trinajstić information content (AvgIpc) is 2.45. The number of alkyl halides is 3. The van der Waals surface area contributed by atoms with Crippen LogP contribution in [0.15, 0.2) is 24.4 Å². The SMILES string of the molecule is N=C(N)C(CN1CCN(c2ccccn2)CC1)C(F)(F)F. The molecule has 1 aliphatic heterocycles. The molecule has 3 N–H and O–H groups in total. The van der Waals surface area contributed by atoms with E-state index in [-0.39, 0.29) is 6.54 Å². The molecule has 0 bridgehead atoms. The van der Waals surface area contributed by atoms with Crippen LogP contribution >= 0.6 is 0 Å². The average molecular weight is 301 g/mol. The molecule has 1 aromatic heterocycles. The smallest absolute Gasteiger partial charge is 0.387 e. The van der Waals surface area contributed by atoms with Crippen molar-refractivity contribution in [1.82, 2.24) is 9.88 Å². The van der Waals surface area contributed by atoms with Crippen molar-refractivity contribution in [3.05, 3.63) is 24.4 Å². The first-order valence-corrected chi connectivity index (χ1v) is 6.67. The van der Waals surface area contributed by atoms with Gasteiger partial charge in [-0.05, 0) is 12.1 Å². The van der Waals surface area contributed by atoms with Crippen molar-refractivity contribution in [1.29, 1.82) is 5.41 Å². The van der Waals surface area contributed by atoms with Crippen LogP contribution in [0.1, 0.15) is 0 Å². The highest BCUT2D eigenvalue weighted by Crippen LogP contribution is 2.27. The summed E-state index contributed by atoms with van der Waals surface area (Å²) in [6.07, 6.45) is -2.78. The van der Waals surface area contributed by atoms with Gasteiger partial charge in [-0.15, -0.1) is 0 Å². The lowest BCUT2D eigenvalue weighted by atomic mass is 10.1. The molecule has 0 radical (unpaired) electrons. The molecule has 1 aliphatic rings. The minimum atomic E-state index is -4.47. The van der Waals surface area contributed by atoms with E-state index < -0.39 is 17.9 Å². The van der Waals surface area contributed by atoms with Gasteiger partial charge >= 0.3 is 6.18 Å². The van der Waals surface area contributed by atoms with Gasteiger partial charge in [-0.1, -0.05) is 6.07 Å². The van der Waals surface area contributed by atoms with Crippen LogP contribution in [-0.4, -0.2) is 54.6 Å². The number of nitrogens with one attached hydrogen (secondary N) is 1. The number of nitrogens with two attached hydrogens (primary N) is 1. The Balaban J connectivity index is 1.91. The molecule has 2 heterocycles. The van der Waals surface area contributed by atoms with Crippen LogP contribution in [0.4, 0.5) is 19.0 Å². The standard InChI is InChI=1S/C13H18F3N5/c14-13(15,16)10(12(17)18)9-20-5-7-21(8-6-20)11-3-1-2-4-19-11/h1-4,10H,5-9H2,(H3,17,18). The maximum atomic E-state index is 12.8. The topological polar surface area (TPSA) is 69.2 Å². The van der Waals surface area contributed by atoms with Crippen molar-refractivity contribution in [2.24, 2.45) is 11.7 Å². The third-order valence-electron chi connectivity index (χ3n) is 3.56. The first-order chi connectivity index (χ1) is 9.88. The van der Waals surface area contributed by atoms with E-state index in [0.717, 1.165) is 5.82 Å². The van der Waals surface area contributed by atoms with Crippen LogP contribution in [0.25, 0.3) is 0 Å². The molecule has 0 aromatic carbocycles. The summed E-state index contributed by atoms with van der Waals surface area (Å²) in [6.45, 7) is 1.96. The number of hydrogen-bond acceptors (Lipinski definition) is 4. The number of aromatic nitrogens is 1. The zero-order valence-corrected chi connectivity index (χ0v) is 11.5. The van der Waals surface area contributed by atoms with Gasteiger partial charge in [-0.25, -0.2) is 4.98 Å². The number of hydrogen-bond donors (Lipinski definition) is 2. The fourth-order valence-electron chi connectivity index (χ4n) is 2.34. The first-order valence-electron chi connectivity index (χ1n) is 6.67. The number of nitrogens with zero attached hydrogens (tertiary/aromatic N) is 3. The minimum absolute atomic E-state index is 0.255. The largest absolute Gasteiger partial charge is 0.399 e. The lowest BCUT2D eigenvalue weighted by Crippen LogP contribution is -2.51. The Hall–Kier alpha value is -1.83. The van der Waals surface area contributed by atoms with Gasteiger partial charge in [-0.3, -0.25) is 10.3 Å². The quantitative estimate of drug-likeness (QED) is 0.650. The molecule has 0 amide bonds. The number of halogens is 3. The van der Waals surface area contributed by atoms with Crippen LogP contribution < -0.4 is 10.6 Å². The third-order valence-corrected chi connectivity index (χ3v) is 3.56. The number of amidine groups is 1. The molecule has 1 atom stereocenters. The Bertz CT molecular complexity index is 468. The van der Waals surface area contributed by atoms with Crippen LogP contribution in [0.2, 0.25) is 0 Å². The molecule has 21 heavy (non-hydrogen) atoms. The van der Waals surface area contributed by atoms with Crippen LogP contribution in [0, 0.1) is 11.3 Å². The molecule has 0 spiro atoms. The predicted molar refractivity (Wildman–Crippen MR) is 74.3 cm³/mol. The predicted octanol–water partition coefficient (Wildman–Crippen LogP) is 1.32. The first kappa shape index (κ1) is 15.6. The highest BCUT2D eigenvalue weighted by molar-refractivity contribution is 5.80. The van der Waals surface area contributed by atoms with Gasteiger partial charge in [-0.2, -0.15) is 13.2 Å². The second kappa shape index (κ2) is 6.30. The molecule has 0 saturated carbocycles. The summed E-state index contributed by atoms with van der Waals surface area (Å²) < 4.78 is 38.4. The second-order valence-corrected chi connectivity index (χ2v) is 5.03. The summed E-state index contributed by atoms with van der Waals surface area (Å²) in [4.78, 5) is 7.96. The molecule has 0 aliphatic carbocycles. The van der Waals surface area contributed by atoms with Crippen molar-refractivity contribution in [3.8, 4) is 0 Å². The number of rotatable bonds is 4. The molecule has 1 fully saturated rings. The van der Waals surface area contributed by atoms with Gasteiger partial charge in [0.2, 0.25) is 0 Å². The molecule has 8 heteroatoms. The highest BCUT2D eigenvalue weighted by atomic mass is 19.4. The Morgan fingerprint density at radius 2 is 1.95 bits per heavy atom. The van der Waals surface area contributed by atoms with Crippen LogP contribution in [-0.2, 0) is 0 Å². The maximum Gasteiger partial charge on any atom is 0.399 e. The number of anilines is 1. The second-order valence-electron chi connectivity index (χ2n) is 5.03. The number of pyridine rings is 1. The van der Waals surface area contributed by atoms with Gasteiger partial charge in [0.25, 0.3) is 0 Å². The Morgan fingerprint density at radius 1 is 1.29 bits per heavy atom. The molecule has 1 unspecified atom stereocenters. The third kappa shape index (κ3) is 4.07. The van der Waals surface area contributed by atoms with Crippen molar-refractivity contribution < 1.29 is 13.2 Å². The summed E-state index contributed by atoms with van der Waals surface area (Å²) in [5.74, 6) is -1.88. The Labute approximate surface area is 121 Å². The fourth-order valence-corrected chi connectivity index (χ4v) is 2.34. The van der Waals surface area contributed by atoms with Gasteiger partial charge < -0.3 is 10.6 Å². The fraction of sp³-hybridized carbons (Fsp3) is 0.538. The van der Waals surface area contributed by atoms with Gasteiger partial charge in [0.1, 0.15) is 17.6 Å². The normalized spacial score (nSPS) is 18.5. The number of piperazine rings is 1. The van der Waals surface area contributed by atoms with Crippen molar-refractivity contribution in [2.45, 2.75) is 6.18 Å². The molecular weight excluding hydrogens is 283 g/mol. The molecule has 1 saturated heterocycles. The maximum absolute atomic E-state index is 12.8. The molecule has 5 nitrogen and oxygen atoms in total. The minimum Gasteiger partial charge on any atom is -0.387 e. The molecule has 116 valence electrons. The summed E-state index contributed by atoms with van der Waals surface area (Å²) in [5, 5.41) is 7.11. The Kier molecular flexibility index (Phi) is 4.66. The summed E-state index contributed by atoms with van der Waals surface area (Å²) >= 11 is 0. The van der Waals surface area contributed by atoms with Gasteiger partial charge in [0.05, 0.1) is 0 Å². The van der Waals surface area contributed by atoms with E-state index in [4.69, 9.17) is 11.1 Å². The molecule has 2 rings (SSSR count). The van der Waals surface area contributed by atoms with Crippen molar-refractivity contribution in [2.75, 3.05) is 37.6 Å². The molecule has 1 aromatic rings. The van der Waals surface area contributed by atoms with E-state index in [1.165, 1.54) is 0 Å². The van der Waals surface area contributed by atoms with Crippen LogP contribution in [0.5, 0.6) is 0 Å². The van der Waals surface area contributed by atoms with Crippen molar-refractivity contribution >= 4 is 11.7 Å². The van der Waals surface area contributed by atoms with Crippen molar-refractivity contribution in [3.63, 3.8) is 0 Å². The monoisotopic (exact) mass is 301 g/mol. The summed E-state index contributed by atoms with van der Waals surface area (Å²) in [7, 11) is 0. The summed E-state index contributed by atoms with van der Waals surface area (Å²) in [6, 6.07) is 5.58. The lowest BCUT2D eigenvalue weighted by Gasteiger charge is -2.37. The van der Waals surface area contributed by atoms with E-state index in [0.29, 0.717) is 26.2 Å². The van der Waals surface area contributed by atoms with Gasteiger partial charge in [0, 0.05) is 38.9 Å².